The van der Waals surface area contributed by atoms with Gasteiger partial charge in [-0.05, 0) is 13.3 Å². The van der Waals surface area contributed by atoms with E-state index in [2.05, 4.69) is 35.8 Å². The number of morpholine rings is 1. The van der Waals surface area contributed by atoms with Crippen LogP contribution in [0.3, 0.4) is 0 Å². The first-order chi connectivity index (χ1) is 7.77. The third-order valence-electron chi connectivity index (χ3n) is 3.78. The number of hydrogen-bond donors (Lipinski definition) is 1. The second-order valence-electron chi connectivity index (χ2n) is 4.87. The third kappa shape index (κ3) is 3.36. The molecule has 0 aromatic heterocycles. The van der Waals surface area contributed by atoms with Gasteiger partial charge in [0, 0.05) is 42.7 Å². The highest BCUT2D eigenvalue weighted by Crippen LogP contribution is 2.24. The van der Waals surface area contributed by atoms with Crippen LogP contribution < -0.4 is 5.32 Å². The molecule has 3 atom stereocenters. The van der Waals surface area contributed by atoms with Crippen LogP contribution in [-0.4, -0.2) is 60.8 Å². The van der Waals surface area contributed by atoms with Gasteiger partial charge in [0.25, 0.3) is 0 Å². The summed E-state index contributed by atoms with van der Waals surface area (Å²) in [5.41, 5.74) is 0. The van der Waals surface area contributed by atoms with E-state index in [1.807, 2.05) is 0 Å². The number of rotatable bonds is 3. The Morgan fingerprint density at radius 2 is 2.31 bits per heavy atom. The van der Waals surface area contributed by atoms with Crippen LogP contribution in [0.15, 0.2) is 0 Å². The fourth-order valence-corrected chi connectivity index (χ4v) is 3.60. The molecule has 0 spiro atoms. The molecule has 16 heavy (non-hydrogen) atoms. The van der Waals surface area contributed by atoms with Crippen molar-refractivity contribution in [2.45, 2.75) is 37.6 Å². The topological polar surface area (TPSA) is 24.5 Å². The van der Waals surface area contributed by atoms with Crippen molar-refractivity contribution in [3.8, 4) is 0 Å². The molecule has 94 valence electrons. The average Bonchev–Trinajstić information content (AvgIpc) is 2.32. The van der Waals surface area contributed by atoms with Crippen LogP contribution in [0.4, 0.5) is 0 Å². The van der Waals surface area contributed by atoms with Gasteiger partial charge in [-0.15, -0.1) is 0 Å². The smallest absolute Gasteiger partial charge is 0.0620 e. The van der Waals surface area contributed by atoms with Crippen LogP contribution >= 0.6 is 11.8 Å². The second-order valence-corrected chi connectivity index (χ2v) is 6.35. The Bertz CT molecular complexity index is 209. The summed E-state index contributed by atoms with van der Waals surface area (Å²) in [6.07, 6.45) is 1.22. The zero-order valence-corrected chi connectivity index (χ0v) is 11.3. The number of thioether (sulfide) groups is 1. The molecule has 0 saturated carbocycles. The molecule has 2 aliphatic heterocycles. The standard InChI is InChI=1S/C12H24N2OS/c1-10-11(2)16-8-6-14(10)5-3-12-9-15-7-4-13-12/h10-13H,3-9H2,1-2H3. The first-order valence-corrected chi connectivity index (χ1v) is 7.49. The van der Waals surface area contributed by atoms with Crippen LogP contribution in [0.5, 0.6) is 0 Å². The van der Waals surface area contributed by atoms with Gasteiger partial charge in [-0.1, -0.05) is 6.92 Å². The predicted molar refractivity (Wildman–Crippen MR) is 70.2 cm³/mol. The molecule has 0 aromatic rings. The van der Waals surface area contributed by atoms with Crippen LogP contribution in [0, 0.1) is 0 Å². The number of nitrogens with one attached hydrogen (secondary N) is 1. The minimum Gasteiger partial charge on any atom is -0.379 e. The molecule has 0 bridgehead atoms. The van der Waals surface area contributed by atoms with Crippen LogP contribution in [0.25, 0.3) is 0 Å². The fourth-order valence-electron chi connectivity index (χ4n) is 2.44. The van der Waals surface area contributed by atoms with Crippen molar-refractivity contribution in [1.82, 2.24) is 10.2 Å². The number of nitrogens with zero attached hydrogens (tertiary/aromatic N) is 1. The molecule has 2 aliphatic rings. The van der Waals surface area contributed by atoms with Gasteiger partial charge in [0.05, 0.1) is 13.2 Å². The van der Waals surface area contributed by atoms with E-state index in [1.165, 1.54) is 25.3 Å². The lowest BCUT2D eigenvalue weighted by molar-refractivity contribution is 0.0679. The van der Waals surface area contributed by atoms with E-state index in [4.69, 9.17) is 4.74 Å². The highest BCUT2D eigenvalue weighted by molar-refractivity contribution is 8.00. The maximum Gasteiger partial charge on any atom is 0.0620 e. The second kappa shape index (κ2) is 6.24. The first kappa shape index (κ1) is 12.7. The number of ether oxygens (including phenoxy) is 1. The third-order valence-corrected chi connectivity index (χ3v) is 5.12. The van der Waals surface area contributed by atoms with Crippen molar-refractivity contribution in [3.63, 3.8) is 0 Å². The minimum atomic E-state index is 0.575. The van der Waals surface area contributed by atoms with E-state index in [1.54, 1.807) is 0 Å². The van der Waals surface area contributed by atoms with Crippen molar-refractivity contribution in [3.05, 3.63) is 0 Å². The Labute approximate surface area is 103 Å². The summed E-state index contributed by atoms with van der Waals surface area (Å²) >= 11 is 2.11. The summed E-state index contributed by atoms with van der Waals surface area (Å²) in [7, 11) is 0. The Balaban J connectivity index is 1.71. The summed E-state index contributed by atoms with van der Waals surface area (Å²) < 4.78 is 5.48. The molecule has 1 N–H and O–H groups in total. The van der Waals surface area contributed by atoms with Crippen molar-refractivity contribution < 1.29 is 4.74 Å². The van der Waals surface area contributed by atoms with E-state index < -0.39 is 0 Å². The monoisotopic (exact) mass is 244 g/mol. The Kier molecular flexibility index (Phi) is 4.95. The minimum absolute atomic E-state index is 0.575. The summed E-state index contributed by atoms with van der Waals surface area (Å²) in [6, 6.07) is 1.30. The average molecular weight is 244 g/mol. The molecule has 2 heterocycles. The Hall–Kier alpha value is 0.230. The van der Waals surface area contributed by atoms with Crippen LogP contribution in [0.2, 0.25) is 0 Å². The summed E-state index contributed by atoms with van der Waals surface area (Å²) in [5.74, 6) is 1.29. The van der Waals surface area contributed by atoms with Gasteiger partial charge in [0.2, 0.25) is 0 Å². The van der Waals surface area contributed by atoms with Gasteiger partial charge in [0.1, 0.15) is 0 Å². The Morgan fingerprint density at radius 3 is 3.06 bits per heavy atom. The quantitative estimate of drug-likeness (QED) is 0.806. The van der Waals surface area contributed by atoms with Gasteiger partial charge < -0.3 is 10.1 Å². The van der Waals surface area contributed by atoms with E-state index in [0.717, 1.165) is 31.1 Å². The molecule has 2 saturated heterocycles. The van der Waals surface area contributed by atoms with Gasteiger partial charge in [-0.25, -0.2) is 0 Å². The van der Waals surface area contributed by atoms with E-state index in [9.17, 15) is 0 Å². The lowest BCUT2D eigenvalue weighted by Crippen LogP contribution is -2.48. The normalized spacial score (nSPS) is 37.5. The predicted octanol–water partition coefficient (Wildman–Crippen LogP) is 1.19. The van der Waals surface area contributed by atoms with Crippen LogP contribution in [0.1, 0.15) is 20.3 Å². The lowest BCUT2D eigenvalue weighted by atomic mass is 10.1. The zero-order valence-electron chi connectivity index (χ0n) is 10.4. The highest BCUT2D eigenvalue weighted by atomic mass is 32.2. The van der Waals surface area contributed by atoms with E-state index >= 15 is 0 Å². The molecule has 2 rings (SSSR count). The molecular weight excluding hydrogens is 220 g/mol. The summed E-state index contributed by atoms with van der Waals surface area (Å²) in [4.78, 5) is 2.64. The molecule has 3 nitrogen and oxygen atoms in total. The van der Waals surface area contributed by atoms with Crippen molar-refractivity contribution in [2.24, 2.45) is 0 Å². The molecule has 0 aliphatic carbocycles. The Morgan fingerprint density at radius 1 is 1.44 bits per heavy atom. The summed E-state index contributed by atoms with van der Waals surface area (Å²) in [5, 5.41) is 4.31. The van der Waals surface area contributed by atoms with E-state index in [-0.39, 0.29) is 0 Å². The molecular formula is C12H24N2OS. The first-order valence-electron chi connectivity index (χ1n) is 6.44. The van der Waals surface area contributed by atoms with Crippen molar-refractivity contribution >= 4 is 11.8 Å². The molecule has 3 unspecified atom stereocenters. The van der Waals surface area contributed by atoms with Crippen LogP contribution in [-0.2, 0) is 4.74 Å². The SMILES string of the molecule is CC1SCCN(CCC2COCCN2)C1C. The number of hydrogen-bond acceptors (Lipinski definition) is 4. The molecule has 0 amide bonds. The van der Waals surface area contributed by atoms with Crippen molar-refractivity contribution in [1.29, 1.82) is 0 Å². The molecule has 2 fully saturated rings. The molecule has 0 aromatic carbocycles. The molecule has 4 heteroatoms. The lowest BCUT2D eigenvalue weighted by Gasteiger charge is -2.38. The van der Waals surface area contributed by atoms with Gasteiger partial charge in [-0.2, -0.15) is 11.8 Å². The van der Waals surface area contributed by atoms with Gasteiger partial charge in [0.15, 0.2) is 0 Å². The maximum atomic E-state index is 5.48. The highest BCUT2D eigenvalue weighted by Gasteiger charge is 2.25. The summed E-state index contributed by atoms with van der Waals surface area (Å²) in [6.45, 7) is 9.98. The maximum absolute atomic E-state index is 5.48. The largest absolute Gasteiger partial charge is 0.379 e. The van der Waals surface area contributed by atoms with E-state index in [0.29, 0.717) is 6.04 Å². The molecule has 0 radical (unpaired) electrons. The fraction of sp³-hybridized carbons (Fsp3) is 1.00. The van der Waals surface area contributed by atoms with Crippen molar-refractivity contribution in [2.75, 3.05) is 38.6 Å². The van der Waals surface area contributed by atoms with Gasteiger partial charge >= 0.3 is 0 Å². The zero-order chi connectivity index (χ0) is 11.4. The van der Waals surface area contributed by atoms with Gasteiger partial charge in [-0.3, -0.25) is 4.90 Å².